The minimum Gasteiger partial charge on any atom is -0.289 e. The summed E-state index contributed by atoms with van der Waals surface area (Å²) in [7, 11) is 0. The van der Waals surface area contributed by atoms with Gasteiger partial charge in [-0.05, 0) is 158 Å². The van der Waals surface area contributed by atoms with Crippen molar-refractivity contribution in [1.29, 1.82) is 0 Å². The van der Waals surface area contributed by atoms with Crippen LogP contribution in [0, 0.1) is 13.8 Å². The van der Waals surface area contributed by atoms with Crippen LogP contribution in [-0.4, -0.2) is 11.6 Å². The van der Waals surface area contributed by atoms with Crippen LogP contribution in [0.15, 0.2) is 231 Å². The third kappa shape index (κ3) is 5.00. The van der Waals surface area contributed by atoms with Crippen LogP contribution in [0.25, 0.3) is 76.8 Å². The van der Waals surface area contributed by atoms with Crippen molar-refractivity contribution in [3.05, 3.63) is 308 Å². The average Bonchev–Trinajstić information content (AvgIpc) is 4.17. The van der Waals surface area contributed by atoms with Crippen LogP contribution in [-0.2, 0) is 10.8 Å². The van der Waals surface area contributed by atoms with Crippen LogP contribution in [0.1, 0.15) is 87.5 Å². The SMILES string of the molecule is Cc1cc2c3c(c4c(c2cc1C)-c1ccc(C(=O)c2cccc5ccccc25)cc1C41c2ccccc2-c2ccccc21)C1(c2ccccc2-c2ccccc21)c1cc(C(=O)c2cccc4ccccc24)ccc1-3. The number of hydrogen-bond donors (Lipinski definition) is 0. The Morgan fingerprint density at radius 1 is 0.297 bits per heavy atom. The normalized spacial score (nSPS) is 14.1. The number of rotatable bonds is 4. The number of benzene rings is 12. The summed E-state index contributed by atoms with van der Waals surface area (Å²) in [6, 6.07) is 82.5. The molecule has 0 amide bonds. The topological polar surface area (TPSA) is 34.1 Å². The van der Waals surface area contributed by atoms with E-state index in [1.54, 1.807) is 0 Å². The van der Waals surface area contributed by atoms with E-state index >= 15 is 9.59 Å². The summed E-state index contributed by atoms with van der Waals surface area (Å²) < 4.78 is 0. The van der Waals surface area contributed by atoms with Gasteiger partial charge < -0.3 is 0 Å². The molecule has 4 aliphatic carbocycles. The largest absolute Gasteiger partial charge is 0.289 e. The van der Waals surface area contributed by atoms with E-state index < -0.39 is 10.8 Å². The van der Waals surface area contributed by atoms with E-state index in [9.17, 15) is 0 Å². The Morgan fingerprint density at radius 2 is 0.635 bits per heavy atom. The van der Waals surface area contributed by atoms with Crippen molar-refractivity contribution < 1.29 is 9.59 Å². The molecule has 0 N–H and O–H groups in total. The Balaban J connectivity index is 1.09. The quantitative estimate of drug-likeness (QED) is 0.165. The minimum atomic E-state index is -0.854. The molecule has 0 atom stereocenters. The van der Waals surface area contributed by atoms with Crippen LogP contribution < -0.4 is 0 Å². The van der Waals surface area contributed by atoms with E-state index in [4.69, 9.17) is 0 Å². The van der Waals surface area contributed by atoms with E-state index in [2.05, 4.69) is 196 Å². The monoisotopic (exact) mass is 940 g/mol. The van der Waals surface area contributed by atoms with Gasteiger partial charge in [-0.3, -0.25) is 9.59 Å². The Morgan fingerprint density at radius 3 is 1.03 bits per heavy atom. The van der Waals surface area contributed by atoms with Gasteiger partial charge in [0.25, 0.3) is 0 Å². The fourth-order valence-corrected chi connectivity index (χ4v) is 14.5. The minimum absolute atomic E-state index is 0.00254. The Kier molecular flexibility index (Phi) is 8.21. The van der Waals surface area contributed by atoms with Crippen LogP contribution in [0.2, 0.25) is 0 Å². The molecule has 0 unspecified atom stereocenters. The molecule has 12 aromatic rings. The predicted molar refractivity (Wildman–Crippen MR) is 301 cm³/mol. The van der Waals surface area contributed by atoms with Crippen molar-refractivity contribution in [1.82, 2.24) is 0 Å². The number of carbonyl (C=O) groups excluding carboxylic acids is 2. The second-order valence-corrected chi connectivity index (χ2v) is 20.9. The maximum absolute atomic E-state index is 15.4. The lowest BCUT2D eigenvalue weighted by Gasteiger charge is -2.38. The van der Waals surface area contributed by atoms with E-state index in [1.807, 2.05) is 48.5 Å². The highest BCUT2D eigenvalue weighted by molar-refractivity contribution is 6.21. The van der Waals surface area contributed by atoms with Gasteiger partial charge in [0.1, 0.15) is 0 Å². The molecule has 0 radical (unpaired) electrons. The molecule has 0 saturated carbocycles. The molecule has 344 valence electrons. The fraction of sp³-hybridized carbons (Fsp3) is 0.0556. The summed E-state index contributed by atoms with van der Waals surface area (Å²) in [5.74, 6) is 0.00508. The number of hydrogen-bond acceptors (Lipinski definition) is 2. The molecule has 12 aromatic carbocycles. The van der Waals surface area contributed by atoms with E-state index in [1.165, 1.54) is 88.7 Å². The number of ketones is 2. The first-order chi connectivity index (χ1) is 36.4. The van der Waals surface area contributed by atoms with Crippen molar-refractivity contribution in [2.24, 2.45) is 0 Å². The first kappa shape index (κ1) is 41.4. The third-order valence-corrected chi connectivity index (χ3v) is 17.6. The van der Waals surface area contributed by atoms with Gasteiger partial charge in [-0.1, -0.05) is 218 Å². The average molecular weight is 941 g/mol. The molecule has 0 fully saturated rings. The summed E-state index contributed by atoms with van der Waals surface area (Å²) in [4.78, 5) is 30.7. The smallest absolute Gasteiger partial charge is 0.193 e. The summed E-state index contributed by atoms with van der Waals surface area (Å²) in [5, 5.41) is 6.35. The molecular weight excluding hydrogens is 897 g/mol. The Labute approximate surface area is 428 Å². The zero-order chi connectivity index (χ0) is 49.2. The lowest BCUT2D eigenvalue weighted by molar-refractivity contribution is 0.103. The van der Waals surface area contributed by atoms with E-state index in [0.29, 0.717) is 22.3 Å². The van der Waals surface area contributed by atoms with Crippen LogP contribution in [0.3, 0.4) is 0 Å². The zero-order valence-electron chi connectivity index (χ0n) is 40.8. The molecule has 16 rings (SSSR count). The zero-order valence-corrected chi connectivity index (χ0v) is 40.8. The lowest BCUT2D eigenvalue weighted by atomic mass is 9.62. The van der Waals surface area contributed by atoms with Gasteiger partial charge in [0.15, 0.2) is 11.6 Å². The first-order valence-electron chi connectivity index (χ1n) is 25.7. The molecule has 74 heavy (non-hydrogen) atoms. The van der Waals surface area contributed by atoms with Crippen molar-refractivity contribution in [3.8, 4) is 44.5 Å². The highest BCUT2D eigenvalue weighted by Crippen LogP contribution is 2.72. The van der Waals surface area contributed by atoms with Gasteiger partial charge in [-0.25, -0.2) is 0 Å². The number of fused-ring (bicyclic) bond motifs is 26. The summed E-state index contributed by atoms with van der Waals surface area (Å²) in [6.45, 7) is 4.46. The lowest BCUT2D eigenvalue weighted by Crippen LogP contribution is -2.33. The molecule has 0 aromatic heterocycles. The Hall–Kier alpha value is -9.24. The molecule has 2 heteroatoms. The van der Waals surface area contributed by atoms with Gasteiger partial charge in [0, 0.05) is 22.3 Å². The van der Waals surface area contributed by atoms with Crippen LogP contribution in [0.4, 0.5) is 0 Å². The van der Waals surface area contributed by atoms with E-state index in [0.717, 1.165) is 43.8 Å². The molecule has 0 bridgehead atoms. The second kappa shape index (κ2) is 14.7. The molecular formula is C72H44O2. The van der Waals surface area contributed by atoms with Crippen LogP contribution in [0.5, 0.6) is 0 Å². The molecule has 4 aliphatic rings. The fourth-order valence-electron chi connectivity index (χ4n) is 14.5. The maximum Gasteiger partial charge on any atom is 0.193 e. The predicted octanol–water partition coefficient (Wildman–Crippen LogP) is 16.9. The van der Waals surface area contributed by atoms with Crippen LogP contribution >= 0.6 is 0 Å². The molecule has 0 heterocycles. The highest BCUT2D eigenvalue weighted by Gasteiger charge is 2.61. The Bertz CT molecular complexity index is 4170. The number of carbonyl (C=O) groups is 2. The van der Waals surface area contributed by atoms with Gasteiger partial charge in [-0.2, -0.15) is 0 Å². The summed E-state index contributed by atoms with van der Waals surface area (Å²) >= 11 is 0. The van der Waals surface area contributed by atoms with E-state index in [-0.39, 0.29) is 11.6 Å². The molecule has 2 spiro atoms. The maximum atomic E-state index is 15.4. The van der Waals surface area contributed by atoms with Crippen molar-refractivity contribution in [3.63, 3.8) is 0 Å². The molecule has 0 saturated heterocycles. The van der Waals surface area contributed by atoms with Gasteiger partial charge in [0.05, 0.1) is 10.8 Å². The van der Waals surface area contributed by atoms with Gasteiger partial charge in [0.2, 0.25) is 0 Å². The number of aryl methyl sites for hydroxylation is 2. The van der Waals surface area contributed by atoms with Crippen molar-refractivity contribution >= 4 is 43.9 Å². The van der Waals surface area contributed by atoms with Crippen molar-refractivity contribution in [2.75, 3.05) is 0 Å². The summed E-state index contributed by atoms with van der Waals surface area (Å²) in [6.07, 6.45) is 0. The van der Waals surface area contributed by atoms with Crippen molar-refractivity contribution in [2.45, 2.75) is 24.7 Å². The summed E-state index contributed by atoms with van der Waals surface area (Å²) in [5.41, 5.74) is 22.4. The molecule has 0 aliphatic heterocycles. The molecule has 2 nitrogen and oxygen atoms in total. The third-order valence-electron chi connectivity index (χ3n) is 17.6. The van der Waals surface area contributed by atoms with Gasteiger partial charge in [-0.15, -0.1) is 0 Å². The first-order valence-corrected chi connectivity index (χ1v) is 25.7. The van der Waals surface area contributed by atoms with Gasteiger partial charge >= 0.3 is 0 Å². The second-order valence-electron chi connectivity index (χ2n) is 20.9. The standard InChI is InChI=1S/C72H44O2/c1-41-37-57-58(38-42(41)2)66-56-36-34-46(70(74)54-28-16-20-44-18-4-6-22-48(44)54)40-64(56)72(61-31-13-9-25-51(61)52-26-10-14-32-62(52)72)68(66)67-65(57)55-35-33-45(69(73)53-27-15-19-43-17-3-5-21-47(43)53)39-63(55)71(67)59-29-11-7-23-49(59)50-24-8-12-30-60(50)71/h3-40H,1-2H3. The highest BCUT2D eigenvalue weighted by atomic mass is 16.1.